The van der Waals surface area contributed by atoms with Crippen LogP contribution in [0.2, 0.25) is 0 Å². The summed E-state index contributed by atoms with van der Waals surface area (Å²) in [4.78, 5) is 14.0. The Morgan fingerprint density at radius 2 is 1.69 bits per heavy atom. The van der Waals surface area contributed by atoms with Crippen molar-refractivity contribution in [3.63, 3.8) is 0 Å². The lowest BCUT2D eigenvalue weighted by atomic mass is 9.84. The van der Waals surface area contributed by atoms with Gasteiger partial charge >= 0.3 is 0 Å². The first-order chi connectivity index (χ1) is 12.3. The third kappa shape index (κ3) is 3.74. The van der Waals surface area contributed by atoms with Crippen LogP contribution >= 0.6 is 0 Å². The van der Waals surface area contributed by atoms with Gasteiger partial charge in [-0.2, -0.15) is 0 Å². The van der Waals surface area contributed by atoms with Crippen LogP contribution in [0.3, 0.4) is 0 Å². The first kappa shape index (κ1) is 18.2. The van der Waals surface area contributed by atoms with Crippen molar-refractivity contribution in [2.75, 3.05) is 37.6 Å². The monoisotopic (exact) mass is 358 g/mol. The molecule has 4 rings (SSSR count). The summed E-state index contributed by atoms with van der Waals surface area (Å²) in [6.07, 6.45) is 7.36. The number of hydrogen-bond acceptors (Lipinski definition) is 5. The summed E-state index contributed by atoms with van der Waals surface area (Å²) in [5, 5.41) is 10.9. The van der Waals surface area contributed by atoms with Crippen LogP contribution in [-0.4, -0.2) is 58.3 Å². The average Bonchev–Trinajstić information content (AvgIpc) is 3.13. The first-order valence-electron chi connectivity index (χ1n) is 10.3. The van der Waals surface area contributed by atoms with Crippen molar-refractivity contribution in [3.05, 3.63) is 18.1 Å². The molecular weight excluding hydrogens is 324 g/mol. The molecule has 5 nitrogen and oxygen atoms in total. The Hall–Kier alpha value is -1.20. The molecule has 5 heteroatoms. The summed E-state index contributed by atoms with van der Waals surface area (Å²) in [5.74, 6) is 2.49. The summed E-state index contributed by atoms with van der Waals surface area (Å²) in [6, 6.07) is 2.17. The van der Waals surface area contributed by atoms with E-state index in [1.54, 1.807) is 6.33 Å². The fourth-order valence-corrected chi connectivity index (χ4v) is 5.12. The van der Waals surface area contributed by atoms with Crippen molar-refractivity contribution in [1.29, 1.82) is 0 Å². The van der Waals surface area contributed by atoms with Gasteiger partial charge in [-0.15, -0.1) is 0 Å². The molecule has 144 valence electrons. The molecule has 1 aromatic rings. The Morgan fingerprint density at radius 1 is 1.04 bits per heavy atom. The van der Waals surface area contributed by atoms with E-state index in [0.717, 1.165) is 57.1 Å². The lowest BCUT2D eigenvalue weighted by Gasteiger charge is -2.36. The van der Waals surface area contributed by atoms with Gasteiger partial charge in [0.1, 0.15) is 12.1 Å². The summed E-state index contributed by atoms with van der Waals surface area (Å²) < 4.78 is 0. The Labute approximate surface area is 157 Å². The number of hydrogen-bond donors (Lipinski definition) is 1. The number of aliphatic hydroxyl groups is 1. The van der Waals surface area contributed by atoms with Gasteiger partial charge in [0, 0.05) is 44.2 Å². The van der Waals surface area contributed by atoms with Crippen molar-refractivity contribution < 1.29 is 5.11 Å². The van der Waals surface area contributed by atoms with Crippen molar-refractivity contribution in [1.82, 2.24) is 14.9 Å². The minimum atomic E-state index is -0.426. The summed E-state index contributed by atoms with van der Waals surface area (Å²) in [7, 11) is 0. The predicted molar refractivity (Wildman–Crippen MR) is 104 cm³/mol. The molecule has 2 saturated heterocycles. The molecule has 3 heterocycles. The van der Waals surface area contributed by atoms with Crippen LogP contribution in [0.1, 0.15) is 58.6 Å². The lowest BCUT2D eigenvalue weighted by Crippen LogP contribution is -2.44. The molecule has 0 radical (unpaired) electrons. The highest BCUT2D eigenvalue weighted by Gasteiger charge is 2.43. The Morgan fingerprint density at radius 3 is 2.31 bits per heavy atom. The van der Waals surface area contributed by atoms with E-state index in [1.807, 2.05) is 0 Å². The molecule has 0 spiro atoms. The number of anilines is 1. The van der Waals surface area contributed by atoms with E-state index in [-0.39, 0.29) is 5.41 Å². The smallest absolute Gasteiger partial charge is 0.132 e. The van der Waals surface area contributed by atoms with Crippen molar-refractivity contribution in [3.8, 4) is 0 Å². The standard InChI is InChI=1S/C21H34N4O/c1-20(2,3)18-9-19(23-15-22-18)25-12-16-10-24(11-17(16)13-25)14-21(26)7-5-4-6-8-21/h9,15-17,26H,4-8,10-14H2,1-3H3. The van der Waals surface area contributed by atoms with Gasteiger partial charge in [0.05, 0.1) is 11.3 Å². The van der Waals surface area contributed by atoms with Gasteiger partial charge in [0.2, 0.25) is 0 Å². The van der Waals surface area contributed by atoms with E-state index in [4.69, 9.17) is 0 Å². The molecule has 1 aliphatic carbocycles. The minimum Gasteiger partial charge on any atom is -0.389 e. The molecule has 3 fully saturated rings. The first-order valence-corrected chi connectivity index (χ1v) is 10.3. The Kier molecular flexibility index (Phi) is 4.72. The van der Waals surface area contributed by atoms with Crippen LogP contribution in [0.25, 0.3) is 0 Å². The van der Waals surface area contributed by atoms with Crippen LogP contribution in [0.5, 0.6) is 0 Å². The SMILES string of the molecule is CC(C)(C)c1cc(N2CC3CN(CC4(O)CCCCC4)CC3C2)ncn1. The third-order valence-corrected chi connectivity index (χ3v) is 6.61. The zero-order valence-corrected chi connectivity index (χ0v) is 16.6. The van der Waals surface area contributed by atoms with Gasteiger partial charge in [-0.05, 0) is 24.7 Å². The third-order valence-electron chi connectivity index (χ3n) is 6.61. The van der Waals surface area contributed by atoms with Crippen molar-refractivity contribution >= 4 is 5.82 Å². The average molecular weight is 359 g/mol. The lowest BCUT2D eigenvalue weighted by molar-refractivity contribution is -0.0226. The van der Waals surface area contributed by atoms with Crippen LogP contribution in [0, 0.1) is 11.8 Å². The molecule has 0 amide bonds. The number of fused-ring (bicyclic) bond motifs is 1. The van der Waals surface area contributed by atoms with Gasteiger partial charge in [0.25, 0.3) is 0 Å². The molecule has 0 bridgehead atoms. The van der Waals surface area contributed by atoms with E-state index in [1.165, 1.54) is 19.3 Å². The molecular formula is C21H34N4O. The zero-order chi connectivity index (χ0) is 18.4. The minimum absolute atomic E-state index is 0.0551. The molecule has 2 atom stereocenters. The highest BCUT2D eigenvalue weighted by Crippen LogP contribution is 2.36. The van der Waals surface area contributed by atoms with Crippen LogP contribution < -0.4 is 4.90 Å². The quantitative estimate of drug-likeness (QED) is 0.900. The fourth-order valence-electron chi connectivity index (χ4n) is 5.12. The molecule has 3 aliphatic rings. The topological polar surface area (TPSA) is 52.5 Å². The largest absolute Gasteiger partial charge is 0.389 e. The van der Waals surface area contributed by atoms with E-state index < -0.39 is 5.60 Å². The van der Waals surface area contributed by atoms with E-state index in [0.29, 0.717) is 11.8 Å². The molecule has 1 N–H and O–H groups in total. The fraction of sp³-hybridized carbons (Fsp3) is 0.810. The summed E-state index contributed by atoms with van der Waals surface area (Å²) in [6.45, 7) is 11.9. The second-order valence-corrected chi connectivity index (χ2v) is 9.92. The molecule has 1 saturated carbocycles. The maximum atomic E-state index is 10.9. The number of β-amino-alcohol motifs (C(OH)–C–C–N with tert-alkyl or cyclic N) is 1. The van der Waals surface area contributed by atoms with Gasteiger partial charge in [0.15, 0.2) is 0 Å². The Bertz CT molecular complexity index is 621. The predicted octanol–water partition coefficient (Wildman–Crippen LogP) is 2.84. The maximum Gasteiger partial charge on any atom is 0.132 e. The van der Waals surface area contributed by atoms with Crippen molar-refractivity contribution in [2.24, 2.45) is 11.8 Å². The molecule has 2 unspecified atom stereocenters. The van der Waals surface area contributed by atoms with Crippen LogP contribution in [0.15, 0.2) is 12.4 Å². The second kappa shape index (κ2) is 6.75. The number of aromatic nitrogens is 2. The van der Waals surface area contributed by atoms with E-state index in [2.05, 4.69) is 46.6 Å². The summed E-state index contributed by atoms with van der Waals surface area (Å²) >= 11 is 0. The maximum absolute atomic E-state index is 10.9. The van der Waals surface area contributed by atoms with Gasteiger partial charge in [-0.25, -0.2) is 9.97 Å². The molecule has 26 heavy (non-hydrogen) atoms. The van der Waals surface area contributed by atoms with Gasteiger partial charge in [-0.1, -0.05) is 40.0 Å². The highest BCUT2D eigenvalue weighted by molar-refractivity contribution is 5.42. The molecule has 1 aromatic heterocycles. The summed E-state index contributed by atoms with van der Waals surface area (Å²) in [5.41, 5.74) is 0.741. The number of likely N-dealkylation sites (tertiary alicyclic amines) is 1. The number of nitrogens with zero attached hydrogens (tertiary/aromatic N) is 4. The molecule has 2 aliphatic heterocycles. The molecule has 0 aromatic carbocycles. The second-order valence-electron chi connectivity index (χ2n) is 9.92. The number of rotatable bonds is 3. The van der Waals surface area contributed by atoms with Gasteiger partial charge in [-0.3, -0.25) is 4.90 Å². The zero-order valence-electron chi connectivity index (χ0n) is 16.6. The van der Waals surface area contributed by atoms with Crippen LogP contribution in [-0.2, 0) is 5.41 Å². The van der Waals surface area contributed by atoms with Crippen molar-refractivity contribution in [2.45, 2.75) is 63.9 Å². The highest BCUT2D eigenvalue weighted by atomic mass is 16.3. The van der Waals surface area contributed by atoms with Crippen LogP contribution in [0.4, 0.5) is 5.82 Å². The van der Waals surface area contributed by atoms with E-state index in [9.17, 15) is 5.11 Å². The van der Waals surface area contributed by atoms with E-state index >= 15 is 0 Å². The normalized spacial score (nSPS) is 29.2. The Balaban J connectivity index is 1.36. The van der Waals surface area contributed by atoms with Gasteiger partial charge < -0.3 is 10.0 Å².